The highest BCUT2D eigenvalue weighted by Crippen LogP contribution is 2.22. The van der Waals surface area contributed by atoms with Gasteiger partial charge in [0.1, 0.15) is 0 Å². The zero-order valence-corrected chi connectivity index (χ0v) is 12.5. The minimum Gasteiger partial charge on any atom is -0.464 e. The molecule has 0 saturated heterocycles. The smallest absolute Gasteiger partial charge is 0.330 e. The Morgan fingerprint density at radius 1 is 1.14 bits per heavy atom. The first-order chi connectivity index (χ1) is 10.2. The van der Waals surface area contributed by atoms with Crippen LogP contribution in [-0.2, 0) is 0 Å². The molecule has 0 aliphatic heterocycles. The molecule has 2 aromatic heterocycles. The monoisotopic (exact) mass is 289 g/mol. The zero-order valence-electron chi connectivity index (χ0n) is 12.5. The van der Waals surface area contributed by atoms with Crippen LogP contribution in [0.1, 0.15) is 26.0 Å². The number of pyridine rings is 1. The number of nitrogens with one attached hydrogen (secondary N) is 1. The lowest BCUT2D eigenvalue weighted by atomic mass is 10.3. The summed E-state index contributed by atoms with van der Waals surface area (Å²) in [5, 5.41) is 3.10. The van der Waals surface area contributed by atoms with Crippen LogP contribution < -0.4 is 14.8 Å². The van der Waals surface area contributed by atoms with E-state index in [1.165, 1.54) is 0 Å². The predicted octanol–water partition coefficient (Wildman–Crippen LogP) is 2.59. The molecule has 0 aromatic carbocycles. The second-order valence-electron chi connectivity index (χ2n) is 4.27. The van der Waals surface area contributed by atoms with Gasteiger partial charge in [-0.1, -0.05) is 6.92 Å². The fourth-order valence-electron chi connectivity index (χ4n) is 1.57. The van der Waals surface area contributed by atoms with Crippen molar-refractivity contribution in [2.45, 2.75) is 27.2 Å². The van der Waals surface area contributed by atoms with Crippen LogP contribution in [0.5, 0.6) is 17.8 Å². The van der Waals surface area contributed by atoms with Gasteiger partial charge in [0, 0.05) is 12.7 Å². The van der Waals surface area contributed by atoms with Gasteiger partial charge in [-0.25, -0.2) is 0 Å². The molecule has 21 heavy (non-hydrogen) atoms. The molecule has 7 nitrogen and oxygen atoms in total. The molecule has 0 unspecified atom stereocenters. The third kappa shape index (κ3) is 4.27. The van der Waals surface area contributed by atoms with E-state index in [0.717, 1.165) is 18.7 Å². The van der Waals surface area contributed by atoms with E-state index in [9.17, 15) is 0 Å². The summed E-state index contributed by atoms with van der Waals surface area (Å²) in [6.45, 7) is 7.03. The van der Waals surface area contributed by atoms with Crippen molar-refractivity contribution in [3.8, 4) is 17.8 Å². The van der Waals surface area contributed by atoms with Gasteiger partial charge in [0.05, 0.1) is 12.3 Å². The highest BCUT2D eigenvalue weighted by atomic mass is 16.5. The van der Waals surface area contributed by atoms with Crippen molar-refractivity contribution in [3.63, 3.8) is 0 Å². The maximum absolute atomic E-state index is 5.67. The second kappa shape index (κ2) is 7.37. The quantitative estimate of drug-likeness (QED) is 0.838. The predicted molar refractivity (Wildman–Crippen MR) is 78.8 cm³/mol. The zero-order chi connectivity index (χ0) is 15.1. The van der Waals surface area contributed by atoms with Gasteiger partial charge in [-0.05, 0) is 32.4 Å². The summed E-state index contributed by atoms with van der Waals surface area (Å²) in [6, 6.07) is 4.03. The third-order valence-corrected chi connectivity index (χ3v) is 2.56. The number of anilines is 1. The topological polar surface area (TPSA) is 82.1 Å². The first-order valence-corrected chi connectivity index (χ1v) is 6.95. The van der Waals surface area contributed by atoms with Crippen molar-refractivity contribution in [1.29, 1.82) is 0 Å². The molecule has 2 heterocycles. The molecule has 2 rings (SSSR count). The molecule has 7 heteroatoms. The van der Waals surface area contributed by atoms with Crippen LogP contribution >= 0.6 is 0 Å². The SMILES string of the molecule is CCCNc1nc(OCC)nc(Oc2cccnc2C)n1. The van der Waals surface area contributed by atoms with Gasteiger partial charge in [-0.3, -0.25) is 4.98 Å². The fourth-order valence-corrected chi connectivity index (χ4v) is 1.57. The minimum absolute atomic E-state index is 0.183. The molecule has 0 aliphatic rings. The Morgan fingerprint density at radius 3 is 2.67 bits per heavy atom. The van der Waals surface area contributed by atoms with Crippen LogP contribution in [0.2, 0.25) is 0 Å². The van der Waals surface area contributed by atoms with Crippen molar-refractivity contribution in [3.05, 3.63) is 24.0 Å². The standard InChI is InChI=1S/C14H19N5O2/c1-4-8-16-12-17-13(20-5-2)19-14(18-12)21-11-7-6-9-15-10(11)3/h6-7,9H,4-5,8H2,1-3H3,(H,16,17,18,19). The van der Waals surface area contributed by atoms with Gasteiger partial charge in [0.2, 0.25) is 5.95 Å². The molecule has 0 amide bonds. The van der Waals surface area contributed by atoms with Crippen LogP contribution in [0.3, 0.4) is 0 Å². The fraction of sp³-hybridized carbons (Fsp3) is 0.429. The Hall–Kier alpha value is -2.44. The molecule has 0 fully saturated rings. The minimum atomic E-state index is 0.183. The Balaban J connectivity index is 2.24. The molecule has 1 N–H and O–H groups in total. The molecule has 112 valence electrons. The van der Waals surface area contributed by atoms with Crippen molar-refractivity contribution < 1.29 is 9.47 Å². The summed E-state index contributed by atoms with van der Waals surface area (Å²) >= 11 is 0. The number of hydrogen-bond donors (Lipinski definition) is 1. The molecule has 0 atom stereocenters. The van der Waals surface area contributed by atoms with Gasteiger partial charge >= 0.3 is 12.0 Å². The number of nitrogens with zero attached hydrogens (tertiary/aromatic N) is 4. The van der Waals surface area contributed by atoms with E-state index in [1.807, 2.05) is 19.9 Å². The molecule has 0 spiro atoms. The average Bonchev–Trinajstić information content (AvgIpc) is 2.48. The van der Waals surface area contributed by atoms with E-state index in [0.29, 0.717) is 18.3 Å². The molecule has 2 aromatic rings. The molecule has 0 aliphatic carbocycles. The lowest BCUT2D eigenvalue weighted by Gasteiger charge is -2.09. The van der Waals surface area contributed by atoms with Crippen LogP contribution in [0.15, 0.2) is 18.3 Å². The van der Waals surface area contributed by atoms with E-state index in [4.69, 9.17) is 9.47 Å². The summed E-state index contributed by atoms with van der Waals surface area (Å²) in [4.78, 5) is 16.7. The molecule has 0 bridgehead atoms. The number of rotatable bonds is 7. The van der Waals surface area contributed by atoms with Crippen molar-refractivity contribution in [1.82, 2.24) is 19.9 Å². The first kappa shape index (κ1) is 15.0. The van der Waals surface area contributed by atoms with Crippen molar-refractivity contribution >= 4 is 5.95 Å². The molecular weight excluding hydrogens is 270 g/mol. The van der Waals surface area contributed by atoms with Crippen LogP contribution in [0.25, 0.3) is 0 Å². The molecule has 0 saturated carbocycles. The lowest BCUT2D eigenvalue weighted by molar-refractivity contribution is 0.303. The third-order valence-electron chi connectivity index (χ3n) is 2.56. The van der Waals surface area contributed by atoms with Gasteiger partial charge in [0.25, 0.3) is 0 Å². The summed E-state index contributed by atoms with van der Waals surface area (Å²) in [5.41, 5.74) is 0.763. The Bertz CT molecular complexity index is 591. The van der Waals surface area contributed by atoms with Gasteiger partial charge < -0.3 is 14.8 Å². The number of ether oxygens (including phenoxy) is 2. The lowest BCUT2D eigenvalue weighted by Crippen LogP contribution is -2.08. The van der Waals surface area contributed by atoms with E-state index in [2.05, 4.69) is 32.2 Å². The Labute approximate surface area is 123 Å². The van der Waals surface area contributed by atoms with E-state index >= 15 is 0 Å². The van der Waals surface area contributed by atoms with Crippen LogP contribution in [0, 0.1) is 6.92 Å². The van der Waals surface area contributed by atoms with Crippen LogP contribution in [-0.4, -0.2) is 33.1 Å². The molecule has 0 radical (unpaired) electrons. The van der Waals surface area contributed by atoms with Gasteiger partial charge in [-0.15, -0.1) is 4.98 Å². The van der Waals surface area contributed by atoms with Crippen molar-refractivity contribution in [2.75, 3.05) is 18.5 Å². The van der Waals surface area contributed by atoms with Crippen molar-refractivity contribution in [2.24, 2.45) is 0 Å². The summed E-state index contributed by atoms with van der Waals surface area (Å²) in [7, 11) is 0. The number of hydrogen-bond acceptors (Lipinski definition) is 7. The molecular formula is C14H19N5O2. The Morgan fingerprint density at radius 2 is 1.95 bits per heavy atom. The normalized spacial score (nSPS) is 10.2. The van der Waals surface area contributed by atoms with Crippen LogP contribution in [0.4, 0.5) is 5.95 Å². The highest BCUT2D eigenvalue weighted by molar-refractivity contribution is 5.32. The number of aryl methyl sites for hydroxylation is 1. The summed E-state index contributed by atoms with van der Waals surface area (Å²) < 4.78 is 11.0. The largest absolute Gasteiger partial charge is 0.464 e. The van der Waals surface area contributed by atoms with Gasteiger partial charge in [-0.2, -0.15) is 9.97 Å². The van der Waals surface area contributed by atoms with E-state index in [1.54, 1.807) is 12.3 Å². The maximum atomic E-state index is 5.67. The van der Waals surface area contributed by atoms with E-state index < -0.39 is 0 Å². The maximum Gasteiger partial charge on any atom is 0.330 e. The second-order valence-corrected chi connectivity index (χ2v) is 4.27. The van der Waals surface area contributed by atoms with E-state index in [-0.39, 0.29) is 12.0 Å². The van der Waals surface area contributed by atoms with Gasteiger partial charge in [0.15, 0.2) is 5.75 Å². The highest BCUT2D eigenvalue weighted by Gasteiger charge is 2.10. The summed E-state index contributed by atoms with van der Waals surface area (Å²) in [5.74, 6) is 1.04. The first-order valence-electron chi connectivity index (χ1n) is 6.95. The number of aromatic nitrogens is 4. The Kier molecular flexibility index (Phi) is 5.25. The average molecular weight is 289 g/mol. The summed E-state index contributed by atoms with van der Waals surface area (Å²) in [6.07, 6.45) is 2.67.